The van der Waals surface area contributed by atoms with Gasteiger partial charge in [-0.15, -0.1) is 0 Å². The average molecular weight is 279 g/mol. The minimum Gasteiger partial charge on any atom is -0.504 e. The summed E-state index contributed by atoms with van der Waals surface area (Å²) in [5.74, 6) is -0.396. The lowest BCUT2D eigenvalue weighted by atomic mass is 10.0. The predicted molar refractivity (Wildman–Crippen MR) is 82.2 cm³/mol. The molecule has 3 rings (SSSR count). The largest absolute Gasteiger partial charge is 0.504 e. The van der Waals surface area contributed by atoms with Gasteiger partial charge in [0.1, 0.15) is 0 Å². The first kappa shape index (κ1) is 12.9. The lowest BCUT2D eigenvalue weighted by Crippen LogP contribution is -2.15. The molecule has 0 aliphatic rings. The highest BCUT2D eigenvalue weighted by Gasteiger charge is 2.13. The van der Waals surface area contributed by atoms with Crippen LogP contribution in [0.3, 0.4) is 0 Å². The van der Waals surface area contributed by atoms with E-state index in [2.05, 4.69) is 10.3 Å². The highest BCUT2D eigenvalue weighted by molar-refractivity contribution is 6.10. The molecule has 2 aromatic carbocycles. The summed E-state index contributed by atoms with van der Waals surface area (Å²) in [5.41, 5.74) is 6.66. The van der Waals surface area contributed by atoms with Crippen LogP contribution >= 0.6 is 0 Å². The SMILES string of the molecule is Nc1cc2ccccc2cc1C(=O)Nc1ncccc1O. The van der Waals surface area contributed by atoms with Crippen molar-refractivity contribution in [2.75, 3.05) is 11.1 Å². The number of pyridine rings is 1. The maximum atomic E-state index is 12.3. The number of benzene rings is 2. The summed E-state index contributed by atoms with van der Waals surface area (Å²) in [5, 5.41) is 14.1. The molecule has 21 heavy (non-hydrogen) atoms. The summed E-state index contributed by atoms with van der Waals surface area (Å²) in [4.78, 5) is 16.2. The van der Waals surface area contributed by atoms with E-state index in [4.69, 9.17) is 5.73 Å². The Kier molecular flexibility index (Phi) is 3.16. The van der Waals surface area contributed by atoms with Crippen LogP contribution in [0.5, 0.6) is 5.75 Å². The highest BCUT2D eigenvalue weighted by Crippen LogP contribution is 2.24. The van der Waals surface area contributed by atoms with Crippen molar-refractivity contribution in [2.24, 2.45) is 0 Å². The van der Waals surface area contributed by atoms with Crippen LogP contribution in [0.1, 0.15) is 10.4 Å². The van der Waals surface area contributed by atoms with E-state index in [1.54, 1.807) is 18.2 Å². The number of nitrogens with zero attached hydrogens (tertiary/aromatic N) is 1. The van der Waals surface area contributed by atoms with Crippen LogP contribution in [0, 0.1) is 0 Å². The Morgan fingerprint density at radius 1 is 1.10 bits per heavy atom. The van der Waals surface area contributed by atoms with Crippen LogP contribution in [0.4, 0.5) is 11.5 Å². The van der Waals surface area contributed by atoms with Gasteiger partial charge in [0, 0.05) is 11.9 Å². The fourth-order valence-electron chi connectivity index (χ4n) is 2.12. The number of nitrogens with two attached hydrogens (primary N) is 1. The van der Waals surface area contributed by atoms with Gasteiger partial charge >= 0.3 is 0 Å². The monoisotopic (exact) mass is 279 g/mol. The molecule has 5 nitrogen and oxygen atoms in total. The number of nitrogens with one attached hydrogen (secondary N) is 1. The van der Waals surface area contributed by atoms with Gasteiger partial charge in [-0.1, -0.05) is 24.3 Å². The molecular formula is C16H13N3O2. The molecule has 0 atom stereocenters. The number of aromatic hydroxyl groups is 1. The first-order valence-corrected chi connectivity index (χ1v) is 6.39. The molecule has 0 unspecified atom stereocenters. The Morgan fingerprint density at radius 2 is 1.81 bits per heavy atom. The van der Waals surface area contributed by atoms with Crippen LogP contribution in [-0.4, -0.2) is 16.0 Å². The van der Waals surface area contributed by atoms with Crippen LogP contribution in [-0.2, 0) is 0 Å². The summed E-state index contributed by atoms with van der Waals surface area (Å²) in [6.07, 6.45) is 1.49. The topological polar surface area (TPSA) is 88.2 Å². The van der Waals surface area contributed by atoms with Crippen molar-refractivity contribution in [3.05, 3.63) is 60.3 Å². The molecule has 0 bridgehead atoms. The molecule has 3 aromatic rings. The molecule has 1 amide bonds. The number of rotatable bonds is 2. The molecule has 4 N–H and O–H groups in total. The van der Waals surface area contributed by atoms with Crippen LogP contribution in [0.2, 0.25) is 0 Å². The number of hydrogen-bond donors (Lipinski definition) is 3. The fraction of sp³-hybridized carbons (Fsp3) is 0. The van der Waals surface area contributed by atoms with Gasteiger partial charge in [-0.2, -0.15) is 0 Å². The van der Waals surface area contributed by atoms with Gasteiger partial charge in [0.25, 0.3) is 5.91 Å². The number of amides is 1. The molecule has 0 saturated carbocycles. The molecule has 5 heteroatoms. The number of aromatic nitrogens is 1. The van der Waals surface area contributed by atoms with Crippen molar-refractivity contribution in [3.8, 4) is 5.75 Å². The lowest BCUT2D eigenvalue weighted by Gasteiger charge is -2.09. The Labute approximate surface area is 121 Å². The molecule has 0 aliphatic carbocycles. The van der Waals surface area contributed by atoms with Gasteiger partial charge in [-0.25, -0.2) is 4.98 Å². The molecule has 0 spiro atoms. The quantitative estimate of drug-likeness (QED) is 0.629. The van der Waals surface area contributed by atoms with Gasteiger partial charge in [0.05, 0.1) is 5.56 Å². The Bertz CT molecular complexity index is 831. The van der Waals surface area contributed by atoms with Crippen LogP contribution in [0.15, 0.2) is 54.7 Å². The normalized spacial score (nSPS) is 10.5. The molecular weight excluding hydrogens is 266 g/mol. The van der Waals surface area contributed by atoms with E-state index >= 15 is 0 Å². The summed E-state index contributed by atoms with van der Waals surface area (Å²) >= 11 is 0. The molecule has 1 heterocycles. The number of anilines is 2. The first-order valence-electron chi connectivity index (χ1n) is 6.39. The average Bonchev–Trinajstić information content (AvgIpc) is 2.49. The van der Waals surface area contributed by atoms with E-state index in [0.29, 0.717) is 11.3 Å². The Hall–Kier alpha value is -3.08. The molecule has 0 aliphatic heterocycles. The zero-order chi connectivity index (χ0) is 14.8. The number of carbonyl (C=O) groups is 1. The number of nitrogen functional groups attached to an aromatic ring is 1. The fourth-order valence-corrected chi connectivity index (χ4v) is 2.12. The third kappa shape index (κ3) is 2.49. The second-order valence-corrected chi connectivity index (χ2v) is 4.61. The van der Waals surface area contributed by atoms with E-state index in [1.165, 1.54) is 12.3 Å². The van der Waals surface area contributed by atoms with E-state index in [9.17, 15) is 9.90 Å². The zero-order valence-corrected chi connectivity index (χ0v) is 11.1. The minimum absolute atomic E-state index is 0.0924. The number of fused-ring (bicyclic) bond motifs is 1. The maximum absolute atomic E-state index is 12.3. The first-order chi connectivity index (χ1) is 10.1. The van der Waals surface area contributed by atoms with Gasteiger partial charge in [0.15, 0.2) is 11.6 Å². The number of hydrogen-bond acceptors (Lipinski definition) is 4. The lowest BCUT2D eigenvalue weighted by molar-refractivity contribution is 0.102. The highest BCUT2D eigenvalue weighted by atomic mass is 16.3. The van der Waals surface area contributed by atoms with E-state index in [0.717, 1.165) is 10.8 Å². The van der Waals surface area contributed by atoms with Gasteiger partial charge in [-0.3, -0.25) is 4.79 Å². The van der Waals surface area contributed by atoms with Gasteiger partial charge in [0.2, 0.25) is 0 Å². The molecule has 0 radical (unpaired) electrons. The smallest absolute Gasteiger partial charge is 0.259 e. The van der Waals surface area contributed by atoms with Crippen molar-refractivity contribution in [3.63, 3.8) is 0 Å². The maximum Gasteiger partial charge on any atom is 0.259 e. The molecule has 0 fully saturated rings. The zero-order valence-electron chi connectivity index (χ0n) is 11.1. The predicted octanol–water partition coefficient (Wildman–Crippen LogP) is 2.77. The van der Waals surface area contributed by atoms with Crippen molar-refractivity contribution in [2.45, 2.75) is 0 Å². The van der Waals surface area contributed by atoms with Crippen molar-refractivity contribution in [1.82, 2.24) is 4.98 Å². The second kappa shape index (κ2) is 5.13. The number of carbonyl (C=O) groups excluding carboxylic acids is 1. The third-order valence-corrected chi connectivity index (χ3v) is 3.18. The Balaban J connectivity index is 1.98. The van der Waals surface area contributed by atoms with Gasteiger partial charge < -0.3 is 16.2 Å². The molecule has 104 valence electrons. The van der Waals surface area contributed by atoms with Gasteiger partial charge in [-0.05, 0) is 35.0 Å². The minimum atomic E-state index is -0.410. The van der Waals surface area contributed by atoms with Crippen molar-refractivity contribution >= 4 is 28.2 Å². The van der Waals surface area contributed by atoms with E-state index in [1.807, 2.05) is 24.3 Å². The standard InChI is InChI=1S/C16H13N3O2/c17-13-9-11-5-2-1-4-10(11)8-12(13)16(21)19-15-14(20)6-3-7-18-15/h1-9,20H,17H2,(H,18,19,21). The van der Waals surface area contributed by atoms with E-state index in [-0.39, 0.29) is 11.6 Å². The van der Waals surface area contributed by atoms with E-state index < -0.39 is 5.91 Å². The summed E-state index contributed by atoms with van der Waals surface area (Å²) < 4.78 is 0. The summed E-state index contributed by atoms with van der Waals surface area (Å²) in [7, 11) is 0. The second-order valence-electron chi connectivity index (χ2n) is 4.61. The summed E-state index contributed by atoms with van der Waals surface area (Å²) in [6, 6.07) is 14.1. The van der Waals surface area contributed by atoms with Crippen molar-refractivity contribution in [1.29, 1.82) is 0 Å². The van der Waals surface area contributed by atoms with Crippen LogP contribution < -0.4 is 11.1 Å². The Morgan fingerprint density at radius 3 is 2.52 bits per heavy atom. The summed E-state index contributed by atoms with van der Waals surface area (Å²) in [6.45, 7) is 0. The molecule has 1 aromatic heterocycles. The molecule has 0 saturated heterocycles. The van der Waals surface area contributed by atoms with Crippen LogP contribution in [0.25, 0.3) is 10.8 Å². The van der Waals surface area contributed by atoms with Crippen molar-refractivity contribution < 1.29 is 9.90 Å². The third-order valence-electron chi connectivity index (χ3n) is 3.18.